The molecule has 2 heterocycles. The average Bonchev–Trinajstić information content (AvgIpc) is 3.62. The molecule has 4 rings (SSSR count). The van der Waals surface area contributed by atoms with E-state index >= 15 is 0 Å². The van der Waals surface area contributed by atoms with Crippen molar-refractivity contribution >= 4 is 45.4 Å². The van der Waals surface area contributed by atoms with Gasteiger partial charge in [0, 0.05) is 31.6 Å². The fourth-order valence-electron chi connectivity index (χ4n) is 5.92. The largest absolute Gasteiger partial charge is 0.506 e. The number of benzene rings is 2. The van der Waals surface area contributed by atoms with Gasteiger partial charge in [0.1, 0.15) is 11.8 Å². The zero-order chi connectivity index (χ0) is 35.9. The summed E-state index contributed by atoms with van der Waals surface area (Å²) < 4.78 is 29.0. The van der Waals surface area contributed by atoms with Crippen LogP contribution in [-0.4, -0.2) is 100 Å². The van der Waals surface area contributed by atoms with E-state index in [4.69, 9.17) is 0 Å². The van der Waals surface area contributed by atoms with E-state index in [0.717, 1.165) is 26.6 Å². The van der Waals surface area contributed by atoms with Crippen LogP contribution in [0.25, 0.3) is 0 Å². The Morgan fingerprint density at radius 3 is 2.43 bits per heavy atom. The molecule has 1 aliphatic rings. The van der Waals surface area contributed by atoms with Crippen LogP contribution in [0.5, 0.6) is 5.75 Å². The summed E-state index contributed by atoms with van der Waals surface area (Å²) in [6.07, 6.45) is -0.824. The highest BCUT2D eigenvalue weighted by molar-refractivity contribution is 7.89. The van der Waals surface area contributed by atoms with E-state index < -0.39 is 34.1 Å². The molecule has 4 N–H and O–H groups in total. The second-order valence-corrected chi connectivity index (χ2v) is 16.0. The number of aromatic nitrogens is 1. The number of hydrogen-bond donors (Lipinski definition) is 4. The molecule has 1 saturated heterocycles. The van der Waals surface area contributed by atoms with Gasteiger partial charge in [-0.15, -0.1) is 11.3 Å². The number of phenolic OH excluding ortho intramolecular Hbond substituents is 1. The molecule has 0 spiro atoms. The van der Waals surface area contributed by atoms with Crippen molar-refractivity contribution in [1.82, 2.24) is 24.4 Å². The number of carbonyl (C=O) groups excluding carboxylic acids is 3. The molecule has 0 unspecified atom stereocenters. The molecule has 4 amide bonds. The van der Waals surface area contributed by atoms with Gasteiger partial charge in [0.2, 0.25) is 22.3 Å². The minimum absolute atomic E-state index is 0.0496. The second-order valence-electron chi connectivity index (χ2n) is 13.0. The number of aryl methyl sites for hydroxylation is 1. The van der Waals surface area contributed by atoms with Gasteiger partial charge < -0.3 is 30.6 Å². The van der Waals surface area contributed by atoms with E-state index in [1.807, 2.05) is 70.3 Å². The highest BCUT2D eigenvalue weighted by Gasteiger charge is 2.40. The van der Waals surface area contributed by atoms with Crippen molar-refractivity contribution in [3.05, 3.63) is 70.2 Å². The third-order valence-electron chi connectivity index (χ3n) is 8.25. The Morgan fingerprint density at radius 2 is 1.82 bits per heavy atom. The third-order valence-corrected chi connectivity index (χ3v) is 10.9. The smallest absolute Gasteiger partial charge is 0.321 e. The van der Waals surface area contributed by atoms with Gasteiger partial charge in [-0.05, 0) is 48.9 Å². The molecule has 49 heavy (non-hydrogen) atoms. The summed E-state index contributed by atoms with van der Waals surface area (Å²) in [5.74, 6) is -1.14. The van der Waals surface area contributed by atoms with Gasteiger partial charge in [-0.2, -0.15) is 4.31 Å². The molecule has 0 bridgehead atoms. The maximum absolute atomic E-state index is 14.1. The van der Waals surface area contributed by atoms with Crippen LogP contribution in [0.1, 0.15) is 44.0 Å². The molecule has 0 radical (unpaired) electrons. The molecule has 2 aromatic carbocycles. The SMILES string of the molecule is Cc1nc(CN2CCN([C@H](C(=O)N[C@@H](Cc3ccccc3)[C@@H](O)CN(CC(C)C)S(=O)(=O)c3ccc(O)c(NC=O)c3)C(C)C)C2=O)cs1. The Hall–Kier alpha value is -4.05. The van der Waals surface area contributed by atoms with E-state index in [-0.39, 0.29) is 53.7 Å². The number of hydrogen-bond acceptors (Lipinski definition) is 9. The summed E-state index contributed by atoms with van der Waals surface area (Å²) in [5, 5.41) is 29.9. The van der Waals surface area contributed by atoms with E-state index in [1.54, 1.807) is 9.80 Å². The molecule has 1 fully saturated rings. The summed E-state index contributed by atoms with van der Waals surface area (Å²) in [4.78, 5) is 46.1. The van der Waals surface area contributed by atoms with Crippen molar-refractivity contribution in [2.24, 2.45) is 11.8 Å². The minimum atomic E-state index is -4.23. The Balaban J connectivity index is 1.59. The average molecular weight is 715 g/mol. The lowest BCUT2D eigenvalue weighted by Crippen LogP contribution is -2.57. The number of nitrogens with zero attached hydrogens (tertiary/aromatic N) is 4. The standard InChI is InChI=1S/C34H46N6O7S2/c1-22(2)17-39(49(46,47)27-11-12-30(42)28(16-27)35-21-41)19-31(43)29(15-25-9-7-6-8-10-25)37-33(44)32(23(3)4)40-14-13-38(34(40)45)18-26-20-48-24(5)36-26/h6-12,16,20-23,29,31-32,42-43H,13-15,17-19H2,1-5H3,(H,35,41)(H,37,44)/t29-,31-,32-/m0/s1. The Morgan fingerprint density at radius 1 is 1.10 bits per heavy atom. The first kappa shape index (κ1) is 37.8. The second kappa shape index (κ2) is 16.6. The number of aliphatic hydroxyl groups excluding tert-OH is 1. The van der Waals surface area contributed by atoms with Gasteiger partial charge in [0.05, 0.1) is 40.0 Å². The van der Waals surface area contributed by atoms with E-state index in [0.29, 0.717) is 26.0 Å². The van der Waals surface area contributed by atoms with Crippen molar-refractivity contribution < 1.29 is 33.0 Å². The highest BCUT2D eigenvalue weighted by atomic mass is 32.2. The number of thiazole rings is 1. The zero-order valence-electron chi connectivity index (χ0n) is 28.4. The van der Waals surface area contributed by atoms with Crippen molar-refractivity contribution in [2.75, 3.05) is 31.5 Å². The number of nitrogens with one attached hydrogen (secondary N) is 2. The van der Waals surface area contributed by atoms with Gasteiger partial charge in [-0.25, -0.2) is 18.2 Å². The number of urea groups is 1. The molecule has 3 atom stereocenters. The Labute approximate surface area is 292 Å². The number of phenols is 1. The Kier molecular flexibility index (Phi) is 12.8. The maximum Gasteiger partial charge on any atom is 0.321 e. The van der Waals surface area contributed by atoms with Crippen molar-refractivity contribution in [2.45, 2.75) is 70.7 Å². The number of aliphatic hydroxyl groups is 1. The zero-order valence-corrected chi connectivity index (χ0v) is 30.1. The van der Waals surface area contributed by atoms with Crippen LogP contribution < -0.4 is 10.6 Å². The van der Waals surface area contributed by atoms with Crippen LogP contribution in [0.15, 0.2) is 58.8 Å². The van der Waals surface area contributed by atoms with E-state index in [1.165, 1.54) is 23.5 Å². The summed E-state index contributed by atoms with van der Waals surface area (Å²) >= 11 is 1.51. The number of rotatable bonds is 17. The first-order valence-electron chi connectivity index (χ1n) is 16.2. The summed E-state index contributed by atoms with van der Waals surface area (Å²) in [6.45, 7) is 10.1. The van der Waals surface area contributed by atoms with E-state index in [2.05, 4.69) is 15.6 Å². The molecule has 266 valence electrons. The molecule has 0 saturated carbocycles. The molecule has 13 nitrogen and oxygen atoms in total. The normalized spacial score (nSPS) is 15.6. The van der Waals surface area contributed by atoms with Gasteiger partial charge >= 0.3 is 6.03 Å². The number of sulfonamides is 1. The summed E-state index contributed by atoms with van der Waals surface area (Å²) in [5.41, 5.74) is 1.53. The Bertz CT molecular complexity index is 1700. The summed E-state index contributed by atoms with van der Waals surface area (Å²) in [6, 6.07) is 10.8. The number of carbonyl (C=O) groups is 3. The molecular weight excluding hydrogens is 669 g/mol. The van der Waals surface area contributed by atoms with Crippen molar-refractivity contribution in [3.63, 3.8) is 0 Å². The first-order valence-corrected chi connectivity index (χ1v) is 18.6. The molecule has 3 aromatic rings. The highest BCUT2D eigenvalue weighted by Crippen LogP contribution is 2.29. The molecule has 0 aliphatic carbocycles. The van der Waals surface area contributed by atoms with Crippen LogP contribution in [0.2, 0.25) is 0 Å². The maximum atomic E-state index is 14.1. The quantitative estimate of drug-likeness (QED) is 0.122. The van der Waals surface area contributed by atoms with Crippen LogP contribution in [0, 0.1) is 18.8 Å². The van der Waals surface area contributed by atoms with Gasteiger partial charge in [-0.3, -0.25) is 9.59 Å². The van der Waals surface area contributed by atoms with Crippen molar-refractivity contribution in [3.8, 4) is 5.75 Å². The number of anilines is 1. The van der Waals surface area contributed by atoms with Gasteiger partial charge in [-0.1, -0.05) is 58.0 Å². The predicted octanol–water partition coefficient (Wildman–Crippen LogP) is 3.42. The van der Waals surface area contributed by atoms with Crippen molar-refractivity contribution in [1.29, 1.82) is 0 Å². The van der Waals surface area contributed by atoms with Crippen LogP contribution in [0.4, 0.5) is 10.5 Å². The molecule has 1 aliphatic heterocycles. The van der Waals surface area contributed by atoms with Crippen LogP contribution in [-0.2, 0) is 32.6 Å². The monoisotopic (exact) mass is 714 g/mol. The number of aromatic hydroxyl groups is 1. The first-order chi connectivity index (χ1) is 23.2. The van der Waals surface area contributed by atoms with Crippen LogP contribution in [0.3, 0.4) is 0 Å². The topological polar surface area (TPSA) is 172 Å². The minimum Gasteiger partial charge on any atom is -0.506 e. The van der Waals surface area contributed by atoms with Gasteiger partial charge in [0.15, 0.2) is 0 Å². The lowest BCUT2D eigenvalue weighted by atomic mass is 9.97. The van der Waals surface area contributed by atoms with Gasteiger partial charge in [0.25, 0.3) is 0 Å². The molecule has 1 aromatic heterocycles. The molecule has 15 heteroatoms. The van der Waals surface area contributed by atoms with Crippen LogP contribution >= 0.6 is 11.3 Å². The fraction of sp³-hybridized carbons (Fsp3) is 0.471. The lowest BCUT2D eigenvalue weighted by Gasteiger charge is -2.34. The third kappa shape index (κ3) is 9.56. The van der Waals surface area contributed by atoms with E-state index in [9.17, 15) is 33.0 Å². The predicted molar refractivity (Wildman–Crippen MR) is 187 cm³/mol. The number of amides is 4. The molecular formula is C34H46N6O7S2. The lowest BCUT2D eigenvalue weighted by molar-refractivity contribution is -0.128. The fourth-order valence-corrected chi connectivity index (χ4v) is 8.18. The summed E-state index contributed by atoms with van der Waals surface area (Å²) in [7, 11) is -4.23.